The molecule has 5 nitrogen and oxygen atoms in total. The van der Waals surface area contributed by atoms with Crippen molar-refractivity contribution in [2.45, 2.75) is 19.9 Å². The molecule has 96 valence electrons. The van der Waals surface area contributed by atoms with Gasteiger partial charge >= 0.3 is 0 Å². The first-order chi connectivity index (χ1) is 8.54. The summed E-state index contributed by atoms with van der Waals surface area (Å²) in [6.07, 6.45) is 0. The van der Waals surface area contributed by atoms with Crippen LogP contribution >= 0.6 is 0 Å². The van der Waals surface area contributed by atoms with Crippen molar-refractivity contribution in [2.24, 2.45) is 11.7 Å². The van der Waals surface area contributed by atoms with Gasteiger partial charge in [0.25, 0.3) is 0 Å². The van der Waals surface area contributed by atoms with Crippen molar-refractivity contribution in [3.63, 3.8) is 0 Å². The Morgan fingerprint density at radius 2 is 2.28 bits per heavy atom. The fourth-order valence-corrected chi connectivity index (χ4v) is 1.27. The number of benzene rings is 1. The summed E-state index contributed by atoms with van der Waals surface area (Å²) in [6, 6.07) is 8.58. The van der Waals surface area contributed by atoms with Crippen molar-refractivity contribution in [3.8, 4) is 11.8 Å². The van der Waals surface area contributed by atoms with Crippen LogP contribution in [0.5, 0.6) is 5.75 Å². The van der Waals surface area contributed by atoms with Gasteiger partial charge in [-0.1, -0.05) is 13.0 Å². The van der Waals surface area contributed by atoms with Crippen LogP contribution in [-0.2, 0) is 4.79 Å². The molecule has 0 heterocycles. The zero-order valence-corrected chi connectivity index (χ0v) is 10.5. The normalized spacial score (nSPS) is 13.2. The summed E-state index contributed by atoms with van der Waals surface area (Å²) in [5.41, 5.74) is 6.29. The largest absolute Gasteiger partial charge is 0.479 e. The number of nitrogens with two attached hydrogens (primary N) is 1. The summed E-state index contributed by atoms with van der Waals surface area (Å²) in [4.78, 5) is 11.8. The van der Waals surface area contributed by atoms with Crippen LogP contribution in [0.25, 0.3) is 0 Å². The Labute approximate surface area is 107 Å². The van der Waals surface area contributed by atoms with Gasteiger partial charge in [0.1, 0.15) is 11.8 Å². The van der Waals surface area contributed by atoms with Gasteiger partial charge in [-0.05, 0) is 19.1 Å². The lowest BCUT2D eigenvalue weighted by Crippen LogP contribution is -2.34. The molecule has 18 heavy (non-hydrogen) atoms. The van der Waals surface area contributed by atoms with Crippen molar-refractivity contribution < 1.29 is 9.53 Å². The molecular weight excluding hydrogens is 230 g/mol. The maximum Gasteiger partial charge on any atom is 0.228 e. The van der Waals surface area contributed by atoms with Gasteiger partial charge in [0, 0.05) is 17.8 Å². The molecule has 5 heteroatoms. The zero-order valence-electron chi connectivity index (χ0n) is 10.5. The molecule has 0 spiro atoms. The van der Waals surface area contributed by atoms with E-state index in [1.165, 1.54) is 0 Å². The molecule has 1 rings (SSSR count). The third-order valence-electron chi connectivity index (χ3n) is 2.61. The molecule has 3 N–H and O–H groups in total. The molecule has 0 radical (unpaired) electrons. The quantitative estimate of drug-likeness (QED) is 0.825. The van der Waals surface area contributed by atoms with Gasteiger partial charge in [-0.2, -0.15) is 5.26 Å². The molecule has 0 aromatic heterocycles. The van der Waals surface area contributed by atoms with Gasteiger partial charge < -0.3 is 15.8 Å². The van der Waals surface area contributed by atoms with Gasteiger partial charge in [0.05, 0.1) is 5.92 Å². The number of hydrogen-bond donors (Lipinski definition) is 2. The third-order valence-corrected chi connectivity index (χ3v) is 2.61. The second-order valence-corrected chi connectivity index (χ2v) is 4.11. The van der Waals surface area contributed by atoms with Crippen molar-refractivity contribution in [2.75, 3.05) is 11.9 Å². The topological polar surface area (TPSA) is 88.1 Å². The van der Waals surface area contributed by atoms with E-state index in [1.54, 1.807) is 38.1 Å². The van der Waals surface area contributed by atoms with Crippen LogP contribution in [0.15, 0.2) is 24.3 Å². The number of carbonyl (C=O) groups excluding carboxylic acids is 1. The van der Waals surface area contributed by atoms with Crippen LogP contribution in [0.1, 0.15) is 13.8 Å². The number of nitrogens with zero attached hydrogens (tertiary/aromatic N) is 1. The molecule has 0 aliphatic heterocycles. The monoisotopic (exact) mass is 247 g/mol. The molecule has 0 aliphatic carbocycles. The zero-order chi connectivity index (χ0) is 13.5. The van der Waals surface area contributed by atoms with E-state index in [-0.39, 0.29) is 24.5 Å². The fourth-order valence-electron chi connectivity index (χ4n) is 1.27. The van der Waals surface area contributed by atoms with Crippen molar-refractivity contribution >= 4 is 11.6 Å². The van der Waals surface area contributed by atoms with Gasteiger partial charge in [-0.3, -0.25) is 4.79 Å². The maximum absolute atomic E-state index is 11.8. The van der Waals surface area contributed by atoms with Crippen LogP contribution in [-0.4, -0.2) is 18.6 Å². The van der Waals surface area contributed by atoms with E-state index < -0.39 is 0 Å². The van der Waals surface area contributed by atoms with Gasteiger partial charge in [0.15, 0.2) is 6.61 Å². The molecule has 2 atom stereocenters. The van der Waals surface area contributed by atoms with Gasteiger partial charge in [-0.15, -0.1) is 0 Å². The number of rotatable bonds is 5. The van der Waals surface area contributed by atoms with E-state index in [1.807, 2.05) is 6.07 Å². The Kier molecular flexibility index (Phi) is 5.15. The maximum atomic E-state index is 11.8. The van der Waals surface area contributed by atoms with Crippen molar-refractivity contribution in [1.82, 2.24) is 0 Å². The molecule has 0 aliphatic rings. The summed E-state index contributed by atoms with van der Waals surface area (Å²) < 4.78 is 5.15. The molecule has 0 bridgehead atoms. The van der Waals surface area contributed by atoms with Gasteiger partial charge in [-0.25, -0.2) is 0 Å². The number of nitriles is 1. The van der Waals surface area contributed by atoms with Crippen LogP contribution < -0.4 is 15.8 Å². The first kappa shape index (κ1) is 14.0. The Hall–Kier alpha value is -2.06. The Morgan fingerprint density at radius 3 is 2.89 bits per heavy atom. The Morgan fingerprint density at radius 1 is 1.56 bits per heavy atom. The lowest BCUT2D eigenvalue weighted by atomic mass is 10.0. The van der Waals surface area contributed by atoms with Crippen LogP contribution in [0.2, 0.25) is 0 Å². The minimum atomic E-state index is -0.270. The van der Waals surface area contributed by atoms with E-state index in [2.05, 4.69) is 5.32 Å². The first-order valence-corrected chi connectivity index (χ1v) is 5.71. The average molecular weight is 247 g/mol. The minimum absolute atomic E-state index is 0.0202. The second kappa shape index (κ2) is 6.62. The summed E-state index contributed by atoms with van der Waals surface area (Å²) >= 11 is 0. The van der Waals surface area contributed by atoms with E-state index in [0.717, 1.165) is 0 Å². The fraction of sp³-hybridized carbons (Fsp3) is 0.385. The number of ether oxygens (including phenoxy) is 1. The van der Waals surface area contributed by atoms with E-state index >= 15 is 0 Å². The average Bonchev–Trinajstić information content (AvgIpc) is 2.35. The lowest BCUT2D eigenvalue weighted by Gasteiger charge is -2.15. The Bertz CT molecular complexity index is 452. The number of carbonyl (C=O) groups is 1. The van der Waals surface area contributed by atoms with E-state index in [4.69, 9.17) is 15.7 Å². The predicted octanol–water partition coefficient (Wildman–Crippen LogP) is 1.51. The Balaban J connectivity index is 2.67. The standard InChI is InChI=1S/C13H17N3O2/c1-9(10(2)15)13(17)16-11-4-3-5-12(8-11)18-7-6-14/h3-5,8-10H,7,15H2,1-2H3,(H,16,17). The summed E-state index contributed by atoms with van der Waals surface area (Å²) in [6.45, 7) is 3.54. The van der Waals surface area contributed by atoms with Crippen LogP contribution in [0.3, 0.4) is 0 Å². The van der Waals surface area contributed by atoms with Crippen LogP contribution in [0, 0.1) is 17.2 Å². The summed E-state index contributed by atoms with van der Waals surface area (Å²) in [5.74, 6) is 0.138. The third kappa shape index (κ3) is 4.07. The molecule has 1 aromatic rings. The summed E-state index contributed by atoms with van der Waals surface area (Å²) in [5, 5.41) is 11.2. The molecule has 1 aromatic carbocycles. The van der Waals surface area contributed by atoms with E-state index in [9.17, 15) is 4.79 Å². The predicted molar refractivity (Wildman–Crippen MR) is 69.0 cm³/mol. The van der Waals surface area contributed by atoms with Crippen molar-refractivity contribution in [1.29, 1.82) is 5.26 Å². The second-order valence-electron chi connectivity index (χ2n) is 4.11. The SMILES string of the molecule is CC(N)C(C)C(=O)Nc1cccc(OCC#N)c1. The minimum Gasteiger partial charge on any atom is -0.479 e. The highest BCUT2D eigenvalue weighted by molar-refractivity contribution is 5.92. The number of amides is 1. The molecule has 1 amide bonds. The molecule has 0 saturated heterocycles. The molecule has 0 saturated carbocycles. The van der Waals surface area contributed by atoms with Gasteiger partial charge in [0.2, 0.25) is 5.91 Å². The first-order valence-electron chi connectivity index (χ1n) is 5.71. The lowest BCUT2D eigenvalue weighted by molar-refractivity contribution is -0.119. The molecule has 0 fully saturated rings. The number of nitrogens with one attached hydrogen (secondary N) is 1. The summed E-state index contributed by atoms with van der Waals surface area (Å²) in [7, 11) is 0. The van der Waals surface area contributed by atoms with Crippen molar-refractivity contribution in [3.05, 3.63) is 24.3 Å². The highest BCUT2D eigenvalue weighted by Gasteiger charge is 2.16. The highest BCUT2D eigenvalue weighted by atomic mass is 16.5. The molecule has 2 unspecified atom stereocenters. The smallest absolute Gasteiger partial charge is 0.228 e. The molecular formula is C13H17N3O2. The van der Waals surface area contributed by atoms with Crippen LogP contribution in [0.4, 0.5) is 5.69 Å². The highest BCUT2D eigenvalue weighted by Crippen LogP contribution is 2.18. The number of hydrogen-bond acceptors (Lipinski definition) is 4. The number of anilines is 1. The van der Waals surface area contributed by atoms with E-state index in [0.29, 0.717) is 11.4 Å².